The number of nitrogens with zero attached hydrogens (tertiary/aromatic N) is 3. The van der Waals surface area contributed by atoms with Gasteiger partial charge in [-0.2, -0.15) is 0 Å². The number of carbonyl (C=O) groups excluding carboxylic acids is 1. The minimum Gasteiger partial charge on any atom is -0.365 e. The fourth-order valence-corrected chi connectivity index (χ4v) is 7.36. The third-order valence-corrected chi connectivity index (χ3v) is 9.09. The van der Waals surface area contributed by atoms with Crippen molar-refractivity contribution in [2.75, 3.05) is 38.1 Å². The number of carbonyl (C=O) groups is 1. The Kier molecular flexibility index (Phi) is 5.33. The summed E-state index contributed by atoms with van der Waals surface area (Å²) in [5.41, 5.74) is 1.33. The minimum atomic E-state index is 0.0134. The molecule has 4 nitrogen and oxygen atoms in total. The van der Waals surface area contributed by atoms with Crippen LogP contribution in [0.4, 0.5) is 5.69 Å². The molecule has 1 aliphatic carbocycles. The SMILES string of the molecule is CC(C)C1CCC(N2CCC3(CC2)C2C(=O)N(C)CC2CN3c2ccccc2)CC1. The van der Waals surface area contributed by atoms with Crippen molar-refractivity contribution in [2.24, 2.45) is 23.7 Å². The summed E-state index contributed by atoms with van der Waals surface area (Å²) >= 11 is 0. The van der Waals surface area contributed by atoms with Crippen LogP contribution in [0, 0.1) is 23.7 Å². The fraction of sp³-hybridized carbons (Fsp3) is 0.731. The first-order valence-electron chi connectivity index (χ1n) is 12.3. The summed E-state index contributed by atoms with van der Waals surface area (Å²) in [5, 5.41) is 0. The van der Waals surface area contributed by atoms with E-state index in [1.807, 2.05) is 11.9 Å². The van der Waals surface area contributed by atoms with E-state index in [0.29, 0.717) is 11.8 Å². The third-order valence-electron chi connectivity index (χ3n) is 9.09. The highest BCUT2D eigenvalue weighted by Gasteiger charge is 2.61. The van der Waals surface area contributed by atoms with Gasteiger partial charge in [0.05, 0.1) is 11.5 Å². The van der Waals surface area contributed by atoms with Gasteiger partial charge in [0.15, 0.2) is 0 Å². The number of para-hydroxylation sites is 1. The Labute approximate surface area is 182 Å². The van der Waals surface area contributed by atoms with Crippen LogP contribution in [0.15, 0.2) is 30.3 Å². The molecule has 0 radical (unpaired) electrons. The van der Waals surface area contributed by atoms with Crippen LogP contribution < -0.4 is 4.90 Å². The van der Waals surface area contributed by atoms with Crippen LogP contribution in [-0.4, -0.2) is 60.5 Å². The number of fused-ring (bicyclic) bond motifs is 2. The zero-order chi connectivity index (χ0) is 20.9. The lowest BCUT2D eigenvalue weighted by Gasteiger charge is -2.50. The number of hydrogen-bond donors (Lipinski definition) is 0. The third kappa shape index (κ3) is 3.26. The summed E-state index contributed by atoms with van der Waals surface area (Å²) in [5.74, 6) is 2.81. The predicted octanol–water partition coefficient (Wildman–Crippen LogP) is 4.26. The Balaban J connectivity index is 1.34. The Morgan fingerprint density at radius 2 is 1.63 bits per heavy atom. The maximum atomic E-state index is 13.2. The summed E-state index contributed by atoms with van der Waals surface area (Å²) in [6, 6.07) is 11.7. The quantitative estimate of drug-likeness (QED) is 0.746. The van der Waals surface area contributed by atoms with E-state index in [4.69, 9.17) is 0 Å². The second kappa shape index (κ2) is 7.85. The highest BCUT2D eigenvalue weighted by molar-refractivity contribution is 5.85. The number of likely N-dealkylation sites (tertiary alicyclic amines) is 2. The van der Waals surface area contributed by atoms with Crippen LogP contribution in [0.1, 0.15) is 52.4 Å². The predicted molar refractivity (Wildman–Crippen MR) is 123 cm³/mol. The Bertz CT molecular complexity index is 747. The van der Waals surface area contributed by atoms with E-state index in [-0.39, 0.29) is 11.5 Å². The molecule has 5 rings (SSSR count). The molecular formula is C26H39N3O. The monoisotopic (exact) mass is 409 g/mol. The van der Waals surface area contributed by atoms with Crippen molar-refractivity contribution < 1.29 is 4.79 Å². The van der Waals surface area contributed by atoms with E-state index in [2.05, 4.69) is 54.0 Å². The summed E-state index contributed by atoms with van der Waals surface area (Å²) < 4.78 is 0. The maximum Gasteiger partial charge on any atom is 0.228 e. The molecule has 3 saturated heterocycles. The van der Waals surface area contributed by atoms with Gasteiger partial charge in [-0.25, -0.2) is 0 Å². The van der Waals surface area contributed by atoms with Gasteiger partial charge >= 0.3 is 0 Å². The first-order valence-corrected chi connectivity index (χ1v) is 12.3. The van der Waals surface area contributed by atoms with Gasteiger partial charge in [0, 0.05) is 50.9 Å². The molecule has 1 saturated carbocycles. The van der Waals surface area contributed by atoms with E-state index in [9.17, 15) is 4.79 Å². The molecule has 1 amide bonds. The molecule has 1 aromatic carbocycles. The zero-order valence-electron chi connectivity index (χ0n) is 19.1. The average molecular weight is 410 g/mol. The van der Waals surface area contributed by atoms with Crippen LogP contribution >= 0.6 is 0 Å². The smallest absolute Gasteiger partial charge is 0.228 e. The van der Waals surface area contributed by atoms with Crippen molar-refractivity contribution >= 4 is 11.6 Å². The lowest BCUT2D eigenvalue weighted by Crippen LogP contribution is -2.59. The van der Waals surface area contributed by atoms with Gasteiger partial charge in [0.1, 0.15) is 0 Å². The fourth-order valence-electron chi connectivity index (χ4n) is 7.36. The molecule has 3 heterocycles. The molecule has 4 fully saturated rings. The second-order valence-corrected chi connectivity index (χ2v) is 10.9. The first kappa shape index (κ1) is 20.4. The largest absolute Gasteiger partial charge is 0.365 e. The van der Waals surface area contributed by atoms with Gasteiger partial charge in [0.25, 0.3) is 0 Å². The molecule has 4 heteroatoms. The van der Waals surface area contributed by atoms with Crippen LogP contribution in [0.3, 0.4) is 0 Å². The van der Waals surface area contributed by atoms with Crippen molar-refractivity contribution in [2.45, 2.75) is 64.0 Å². The van der Waals surface area contributed by atoms with Crippen LogP contribution in [-0.2, 0) is 4.79 Å². The molecule has 2 unspecified atom stereocenters. The van der Waals surface area contributed by atoms with E-state index in [1.54, 1.807) is 0 Å². The number of piperidine rings is 1. The lowest BCUT2D eigenvalue weighted by atomic mass is 9.73. The molecule has 164 valence electrons. The Morgan fingerprint density at radius 3 is 2.27 bits per heavy atom. The summed E-state index contributed by atoms with van der Waals surface area (Å²) in [4.78, 5) is 20.6. The van der Waals surface area contributed by atoms with Crippen molar-refractivity contribution in [3.63, 3.8) is 0 Å². The average Bonchev–Trinajstić information content (AvgIpc) is 3.23. The number of anilines is 1. The molecule has 4 aliphatic rings. The second-order valence-electron chi connectivity index (χ2n) is 10.9. The van der Waals surface area contributed by atoms with E-state index < -0.39 is 0 Å². The summed E-state index contributed by atoms with van der Waals surface area (Å²) in [7, 11) is 2.00. The van der Waals surface area contributed by atoms with Gasteiger partial charge < -0.3 is 14.7 Å². The van der Waals surface area contributed by atoms with Crippen molar-refractivity contribution in [1.29, 1.82) is 0 Å². The number of amides is 1. The standard InChI is InChI=1S/C26H39N3O/c1-19(2)20-9-11-22(12-10-20)28-15-13-26(14-16-28)24-21(17-27(3)25(24)30)18-29(26)23-7-5-4-6-8-23/h4-8,19-22,24H,9-18H2,1-3H3. The Morgan fingerprint density at radius 1 is 0.967 bits per heavy atom. The van der Waals surface area contributed by atoms with Crippen molar-refractivity contribution in [3.8, 4) is 0 Å². The molecule has 1 aromatic rings. The van der Waals surface area contributed by atoms with Crippen molar-refractivity contribution in [3.05, 3.63) is 30.3 Å². The van der Waals surface area contributed by atoms with E-state index in [1.165, 1.54) is 31.4 Å². The normalized spacial score (nSPS) is 34.2. The van der Waals surface area contributed by atoms with Crippen LogP contribution in [0.2, 0.25) is 0 Å². The van der Waals surface area contributed by atoms with E-state index >= 15 is 0 Å². The molecule has 2 atom stereocenters. The first-order chi connectivity index (χ1) is 14.5. The number of rotatable bonds is 3. The van der Waals surface area contributed by atoms with Gasteiger partial charge in [0.2, 0.25) is 5.91 Å². The van der Waals surface area contributed by atoms with Gasteiger partial charge in [-0.3, -0.25) is 4.79 Å². The highest BCUT2D eigenvalue weighted by atomic mass is 16.2. The van der Waals surface area contributed by atoms with Crippen LogP contribution in [0.5, 0.6) is 0 Å². The molecule has 3 aliphatic heterocycles. The zero-order valence-corrected chi connectivity index (χ0v) is 19.1. The number of benzene rings is 1. The molecule has 0 aromatic heterocycles. The van der Waals surface area contributed by atoms with Gasteiger partial charge in [-0.05, 0) is 62.5 Å². The molecular weight excluding hydrogens is 370 g/mol. The molecule has 0 bridgehead atoms. The summed E-state index contributed by atoms with van der Waals surface area (Å²) in [6.07, 6.45) is 7.79. The summed E-state index contributed by atoms with van der Waals surface area (Å²) in [6.45, 7) is 9.04. The van der Waals surface area contributed by atoms with Crippen LogP contribution in [0.25, 0.3) is 0 Å². The van der Waals surface area contributed by atoms with Crippen molar-refractivity contribution in [1.82, 2.24) is 9.80 Å². The maximum absolute atomic E-state index is 13.2. The topological polar surface area (TPSA) is 26.8 Å². The molecule has 0 N–H and O–H groups in total. The Hall–Kier alpha value is -1.55. The van der Waals surface area contributed by atoms with E-state index in [0.717, 1.165) is 56.9 Å². The number of hydrogen-bond acceptors (Lipinski definition) is 3. The molecule has 1 spiro atoms. The lowest BCUT2D eigenvalue weighted by molar-refractivity contribution is -0.132. The van der Waals surface area contributed by atoms with Gasteiger partial charge in [-0.1, -0.05) is 32.0 Å². The van der Waals surface area contributed by atoms with Gasteiger partial charge in [-0.15, -0.1) is 0 Å². The molecule has 30 heavy (non-hydrogen) atoms. The highest BCUT2D eigenvalue weighted by Crippen LogP contribution is 2.51. The minimum absolute atomic E-state index is 0.0134.